The van der Waals surface area contributed by atoms with Crippen LogP contribution >= 0.6 is 8.58 Å². The van der Waals surface area contributed by atoms with Gasteiger partial charge in [-0.2, -0.15) is 0 Å². The molecule has 0 aliphatic heterocycles. The third kappa shape index (κ3) is 8.78. The van der Waals surface area contributed by atoms with E-state index in [1.54, 1.807) is 0 Å². The molecule has 2 nitrogen and oxygen atoms in total. The Balaban J connectivity index is 2.20. The Morgan fingerprint density at radius 2 is 1.52 bits per heavy atom. The summed E-state index contributed by atoms with van der Waals surface area (Å²) in [5.41, 5.74) is 6.39. The summed E-state index contributed by atoms with van der Waals surface area (Å²) in [4.78, 5) is 4.89. The van der Waals surface area contributed by atoms with E-state index in [9.17, 15) is 0 Å². The molecule has 3 aromatic rings. The van der Waals surface area contributed by atoms with Crippen molar-refractivity contribution >= 4 is 20.1 Å². The summed E-state index contributed by atoms with van der Waals surface area (Å²) in [6.07, 6.45) is 7.99. The molecule has 0 aliphatic carbocycles. The molecule has 0 bridgehead atoms. The monoisotopic (exact) mass is 557 g/mol. The van der Waals surface area contributed by atoms with Crippen LogP contribution in [0.1, 0.15) is 115 Å². The van der Waals surface area contributed by atoms with Gasteiger partial charge < -0.3 is 4.74 Å². The number of hydrogen-bond donors (Lipinski definition) is 0. The normalized spacial score (nSPS) is 14.2. The summed E-state index contributed by atoms with van der Waals surface area (Å²) in [6.45, 7) is 20.9. The summed E-state index contributed by atoms with van der Waals surface area (Å²) in [5.74, 6) is 1.07. The minimum absolute atomic E-state index is 0.0150. The largest absolute Gasteiger partial charge is 0.488 e. The molecule has 0 radical (unpaired) electrons. The molecule has 216 valence electrons. The molecule has 0 saturated carbocycles. The van der Waals surface area contributed by atoms with Gasteiger partial charge >= 0.3 is 0 Å². The predicted molar refractivity (Wildman–Crippen MR) is 179 cm³/mol. The second-order valence-corrected chi connectivity index (χ2v) is 15.0. The molecule has 3 rings (SSSR count). The van der Waals surface area contributed by atoms with E-state index in [4.69, 9.17) is 9.73 Å². The van der Waals surface area contributed by atoms with Crippen molar-refractivity contribution in [3.05, 3.63) is 94.5 Å². The van der Waals surface area contributed by atoms with E-state index in [2.05, 4.69) is 135 Å². The molecule has 0 aromatic heterocycles. The van der Waals surface area contributed by atoms with Crippen LogP contribution in [0.15, 0.2) is 71.7 Å². The number of aryl methyl sites for hydroxylation is 1. The Hall–Kier alpha value is -2.44. The number of unbranched alkanes of at least 4 members (excludes halogenated alkanes) is 2. The van der Waals surface area contributed by atoms with Crippen LogP contribution in [0, 0.1) is 6.92 Å². The molecule has 40 heavy (non-hydrogen) atoms. The lowest BCUT2D eigenvalue weighted by Crippen LogP contribution is -2.26. The molecule has 0 saturated heterocycles. The summed E-state index contributed by atoms with van der Waals surface area (Å²) >= 11 is 0. The van der Waals surface area contributed by atoms with Crippen molar-refractivity contribution in [1.82, 2.24) is 0 Å². The second kappa shape index (κ2) is 14.0. The van der Waals surface area contributed by atoms with Gasteiger partial charge in [0.05, 0.1) is 5.54 Å². The molecule has 0 amide bonds. The Kier molecular flexibility index (Phi) is 11.2. The van der Waals surface area contributed by atoms with Crippen molar-refractivity contribution in [2.24, 2.45) is 4.99 Å². The summed E-state index contributed by atoms with van der Waals surface area (Å²) in [5, 5.41) is 1.38. The van der Waals surface area contributed by atoms with Crippen LogP contribution in [0.25, 0.3) is 0 Å². The van der Waals surface area contributed by atoms with Crippen LogP contribution in [0.3, 0.4) is 0 Å². The van der Waals surface area contributed by atoms with Crippen LogP contribution < -0.4 is 10.0 Å². The zero-order valence-corrected chi connectivity index (χ0v) is 27.5. The van der Waals surface area contributed by atoms with E-state index in [-0.39, 0.29) is 16.1 Å². The molecule has 3 heteroatoms. The number of ether oxygens (including phenoxy) is 1. The highest BCUT2D eigenvalue weighted by atomic mass is 31.1. The van der Waals surface area contributed by atoms with Gasteiger partial charge in [-0.15, -0.1) is 0 Å². The number of benzene rings is 3. The Morgan fingerprint density at radius 3 is 2.15 bits per heavy atom. The number of hydrogen-bond acceptors (Lipinski definition) is 2. The summed E-state index contributed by atoms with van der Waals surface area (Å²) in [7, 11) is 0.619. The molecule has 2 unspecified atom stereocenters. The molecular weight excluding hydrogens is 505 g/mol. The standard InChI is InChI=1S/C37H52NOP/c1-10-12-18-23-37(11-2,40-33-22-17-16-21-30(33)26-38-36(7,8)9)32-25-31(35(4,5)6)24-28(3)34(32)39-27-29-19-14-13-15-20-29/h13-17,19-22,24-26,40H,10-12,18,23,27H2,1-9H3/b38-26+. The van der Waals surface area contributed by atoms with Crippen LogP contribution in [-0.4, -0.2) is 11.8 Å². The van der Waals surface area contributed by atoms with Gasteiger partial charge in [0, 0.05) is 16.9 Å². The molecule has 0 heterocycles. The highest BCUT2D eigenvalue weighted by molar-refractivity contribution is 7.48. The quantitative estimate of drug-likeness (QED) is 0.123. The minimum atomic E-state index is -0.101. The molecule has 3 aromatic carbocycles. The van der Waals surface area contributed by atoms with Gasteiger partial charge in [-0.3, -0.25) is 4.99 Å². The molecule has 0 aliphatic rings. The molecule has 0 spiro atoms. The van der Waals surface area contributed by atoms with Crippen molar-refractivity contribution in [3.63, 3.8) is 0 Å². The second-order valence-electron chi connectivity index (χ2n) is 13.2. The lowest BCUT2D eigenvalue weighted by atomic mass is 9.80. The van der Waals surface area contributed by atoms with Crippen molar-refractivity contribution < 1.29 is 4.74 Å². The number of aliphatic imine (C=N–C) groups is 1. The maximum absolute atomic E-state index is 6.77. The fraction of sp³-hybridized carbons (Fsp3) is 0.486. The summed E-state index contributed by atoms with van der Waals surface area (Å²) < 4.78 is 6.77. The van der Waals surface area contributed by atoms with Gasteiger partial charge in [0.1, 0.15) is 12.4 Å². The van der Waals surface area contributed by atoms with Crippen molar-refractivity contribution in [2.45, 2.75) is 117 Å². The van der Waals surface area contributed by atoms with E-state index in [1.165, 1.54) is 52.4 Å². The van der Waals surface area contributed by atoms with Crippen molar-refractivity contribution in [2.75, 3.05) is 0 Å². The summed E-state index contributed by atoms with van der Waals surface area (Å²) in [6, 6.07) is 24.3. The van der Waals surface area contributed by atoms with Gasteiger partial charge in [0.25, 0.3) is 0 Å². The third-order valence-electron chi connectivity index (χ3n) is 7.62. The topological polar surface area (TPSA) is 21.6 Å². The van der Waals surface area contributed by atoms with Crippen LogP contribution in [0.2, 0.25) is 0 Å². The first-order valence-corrected chi connectivity index (χ1v) is 16.1. The maximum Gasteiger partial charge on any atom is 0.126 e. The Labute approximate surface area is 246 Å². The fourth-order valence-electron chi connectivity index (χ4n) is 5.13. The molecular formula is C37H52NOP. The maximum atomic E-state index is 6.77. The van der Waals surface area contributed by atoms with Gasteiger partial charge in [-0.25, -0.2) is 0 Å². The molecule has 0 N–H and O–H groups in total. The highest BCUT2D eigenvalue weighted by Crippen LogP contribution is 2.53. The van der Waals surface area contributed by atoms with E-state index in [0.29, 0.717) is 15.2 Å². The number of nitrogens with zero attached hydrogens (tertiary/aromatic N) is 1. The van der Waals surface area contributed by atoms with Crippen LogP contribution in [-0.2, 0) is 17.2 Å². The zero-order chi connectivity index (χ0) is 29.4. The third-order valence-corrected chi connectivity index (χ3v) is 9.69. The van der Waals surface area contributed by atoms with E-state index >= 15 is 0 Å². The average molecular weight is 558 g/mol. The SMILES string of the molecule is CCCCCC(CC)(Pc1ccccc1/C=N/C(C)(C)C)c1cc(C(C)(C)C)cc(C)c1OCc1ccccc1. The van der Waals surface area contributed by atoms with Crippen LogP contribution in [0.5, 0.6) is 5.75 Å². The molecule has 0 fully saturated rings. The van der Waals surface area contributed by atoms with Crippen molar-refractivity contribution in [3.8, 4) is 5.75 Å². The average Bonchev–Trinajstić information content (AvgIpc) is 2.90. The van der Waals surface area contributed by atoms with E-state index < -0.39 is 0 Å². The van der Waals surface area contributed by atoms with Gasteiger partial charge in [-0.1, -0.05) is 129 Å². The zero-order valence-electron chi connectivity index (χ0n) is 26.5. The first-order valence-electron chi connectivity index (χ1n) is 15.1. The minimum Gasteiger partial charge on any atom is -0.488 e. The van der Waals surface area contributed by atoms with E-state index in [1.807, 2.05) is 0 Å². The molecule has 2 atom stereocenters. The smallest absolute Gasteiger partial charge is 0.126 e. The highest BCUT2D eigenvalue weighted by Gasteiger charge is 2.36. The van der Waals surface area contributed by atoms with Gasteiger partial charge in [0.15, 0.2) is 0 Å². The predicted octanol–water partition coefficient (Wildman–Crippen LogP) is 10.3. The first kappa shape index (κ1) is 32.1. The Bertz CT molecular complexity index is 1250. The van der Waals surface area contributed by atoms with Gasteiger partial charge in [-0.05, 0) is 73.5 Å². The lowest BCUT2D eigenvalue weighted by Gasteiger charge is -2.37. The van der Waals surface area contributed by atoms with Gasteiger partial charge in [0.2, 0.25) is 0 Å². The number of rotatable bonds is 12. The van der Waals surface area contributed by atoms with Crippen molar-refractivity contribution in [1.29, 1.82) is 0 Å². The Morgan fingerprint density at radius 1 is 0.850 bits per heavy atom. The van der Waals surface area contributed by atoms with E-state index in [0.717, 1.165) is 18.6 Å². The van der Waals surface area contributed by atoms with Crippen LogP contribution in [0.4, 0.5) is 0 Å². The first-order chi connectivity index (χ1) is 18.9. The lowest BCUT2D eigenvalue weighted by molar-refractivity contribution is 0.295. The fourth-order valence-corrected chi connectivity index (χ4v) is 6.91.